The lowest BCUT2D eigenvalue weighted by atomic mass is 9.92. The normalized spacial score (nSPS) is 18.7. The average Bonchev–Trinajstić information content (AvgIpc) is 2.72. The third-order valence-corrected chi connectivity index (χ3v) is 5.36. The number of piperidine rings is 1. The molecule has 26 heavy (non-hydrogen) atoms. The molecule has 4 rings (SSSR count). The molecule has 134 valence electrons. The second-order valence-electron chi connectivity index (χ2n) is 7.21. The van der Waals surface area contributed by atoms with Crippen LogP contribution in [0.3, 0.4) is 0 Å². The first-order valence-electron chi connectivity index (χ1n) is 9.65. The Morgan fingerprint density at radius 2 is 1.81 bits per heavy atom. The quantitative estimate of drug-likeness (QED) is 0.728. The van der Waals surface area contributed by atoms with Gasteiger partial charge in [-0.3, -0.25) is 4.98 Å². The number of aromatic nitrogens is 1. The van der Waals surface area contributed by atoms with Crippen LogP contribution in [-0.4, -0.2) is 22.7 Å². The largest absolute Gasteiger partial charge is 0.387 e. The summed E-state index contributed by atoms with van der Waals surface area (Å²) in [5.74, 6) is 0. The minimum Gasteiger partial charge on any atom is -0.387 e. The second-order valence-corrected chi connectivity index (χ2v) is 7.21. The zero-order valence-corrected chi connectivity index (χ0v) is 15.1. The van der Waals surface area contributed by atoms with Gasteiger partial charge < -0.3 is 10.4 Å². The van der Waals surface area contributed by atoms with Crippen LogP contribution < -0.4 is 5.32 Å². The van der Waals surface area contributed by atoms with Crippen LogP contribution in [-0.2, 0) is 12.8 Å². The minimum absolute atomic E-state index is 0.136. The Labute approximate surface area is 155 Å². The topological polar surface area (TPSA) is 45.2 Å². The zero-order chi connectivity index (χ0) is 17.8. The van der Waals surface area contributed by atoms with Gasteiger partial charge in [-0.15, -0.1) is 0 Å². The van der Waals surface area contributed by atoms with Gasteiger partial charge in [0.05, 0.1) is 11.6 Å². The maximum Gasteiger partial charge on any atom is 0.0950 e. The van der Waals surface area contributed by atoms with Gasteiger partial charge in [0.1, 0.15) is 0 Å². The van der Waals surface area contributed by atoms with Crippen molar-refractivity contribution in [3.05, 3.63) is 77.5 Å². The molecule has 2 atom stereocenters. The monoisotopic (exact) mass is 346 g/mol. The van der Waals surface area contributed by atoms with E-state index in [0.29, 0.717) is 0 Å². The average molecular weight is 346 g/mol. The molecule has 0 unspecified atom stereocenters. The predicted molar refractivity (Wildman–Crippen MR) is 106 cm³/mol. The molecular formula is C23H26N2O. The number of aliphatic hydroxyl groups is 1. The summed E-state index contributed by atoms with van der Waals surface area (Å²) >= 11 is 0. The molecule has 2 heterocycles. The van der Waals surface area contributed by atoms with E-state index in [1.807, 2.05) is 24.3 Å². The smallest absolute Gasteiger partial charge is 0.0950 e. The highest BCUT2D eigenvalue weighted by Crippen LogP contribution is 2.29. The number of benzene rings is 2. The SMILES string of the molecule is O[C@@H](c1cc(CCc2ccccc2)nc2ccccc12)[C@H]1CCCCN1. The maximum atomic E-state index is 11.1. The summed E-state index contributed by atoms with van der Waals surface area (Å²) in [4.78, 5) is 4.85. The van der Waals surface area contributed by atoms with E-state index >= 15 is 0 Å². The van der Waals surface area contributed by atoms with Gasteiger partial charge >= 0.3 is 0 Å². The lowest BCUT2D eigenvalue weighted by Gasteiger charge is -2.29. The molecule has 1 aliphatic heterocycles. The molecule has 0 radical (unpaired) electrons. The van der Waals surface area contributed by atoms with Gasteiger partial charge in [0.2, 0.25) is 0 Å². The summed E-state index contributed by atoms with van der Waals surface area (Å²) in [5, 5.41) is 15.6. The number of nitrogens with one attached hydrogen (secondary N) is 1. The molecule has 2 aromatic carbocycles. The van der Waals surface area contributed by atoms with E-state index in [-0.39, 0.29) is 6.04 Å². The minimum atomic E-state index is -0.487. The van der Waals surface area contributed by atoms with Gasteiger partial charge in [0.15, 0.2) is 0 Å². The first-order valence-corrected chi connectivity index (χ1v) is 9.65. The Morgan fingerprint density at radius 1 is 1.00 bits per heavy atom. The molecule has 0 bridgehead atoms. The molecule has 0 spiro atoms. The molecule has 0 amide bonds. The molecule has 3 heteroatoms. The molecule has 3 nitrogen and oxygen atoms in total. The lowest BCUT2D eigenvalue weighted by molar-refractivity contribution is 0.115. The number of rotatable bonds is 5. The van der Waals surface area contributed by atoms with Crippen molar-refractivity contribution < 1.29 is 5.11 Å². The highest BCUT2D eigenvalue weighted by molar-refractivity contribution is 5.82. The van der Waals surface area contributed by atoms with E-state index in [4.69, 9.17) is 4.98 Å². The second kappa shape index (κ2) is 7.98. The van der Waals surface area contributed by atoms with Crippen LogP contribution in [0.15, 0.2) is 60.7 Å². The number of para-hydroxylation sites is 1. The van der Waals surface area contributed by atoms with Crippen molar-refractivity contribution >= 4 is 10.9 Å². The molecule has 1 saturated heterocycles. The van der Waals surface area contributed by atoms with Crippen molar-refractivity contribution in [2.45, 2.75) is 44.2 Å². The van der Waals surface area contributed by atoms with Crippen molar-refractivity contribution in [2.24, 2.45) is 0 Å². The Bertz CT molecular complexity index is 856. The fourth-order valence-corrected chi connectivity index (χ4v) is 3.91. The number of hydrogen-bond acceptors (Lipinski definition) is 3. The molecule has 1 fully saturated rings. The van der Waals surface area contributed by atoms with Crippen LogP contribution in [0.4, 0.5) is 0 Å². The van der Waals surface area contributed by atoms with Crippen LogP contribution in [0.2, 0.25) is 0 Å². The molecule has 3 aromatic rings. The highest BCUT2D eigenvalue weighted by atomic mass is 16.3. The maximum absolute atomic E-state index is 11.1. The van der Waals surface area contributed by atoms with Gasteiger partial charge in [0.25, 0.3) is 0 Å². The van der Waals surface area contributed by atoms with Gasteiger partial charge in [-0.25, -0.2) is 0 Å². The molecule has 1 aliphatic rings. The number of aryl methyl sites for hydroxylation is 2. The molecular weight excluding hydrogens is 320 g/mol. The Morgan fingerprint density at radius 3 is 2.62 bits per heavy atom. The first-order chi connectivity index (χ1) is 12.8. The van der Waals surface area contributed by atoms with Gasteiger partial charge in [-0.2, -0.15) is 0 Å². The number of nitrogens with zero attached hydrogens (tertiary/aromatic N) is 1. The molecule has 2 N–H and O–H groups in total. The summed E-state index contributed by atoms with van der Waals surface area (Å²) in [6.07, 6.45) is 4.76. The Hall–Kier alpha value is -2.23. The number of fused-ring (bicyclic) bond motifs is 1. The van der Waals surface area contributed by atoms with Crippen LogP contribution in [0.1, 0.15) is 42.2 Å². The predicted octanol–water partition coefficient (Wildman–Crippen LogP) is 4.20. The fraction of sp³-hybridized carbons (Fsp3) is 0.348. The lowest BCUT2D eigenvalue weighted by Crippen LogP contribution is -2.38. The van der Waals surface area contributed by atoms with Crippen LogP contribution >= 0.6 is 0 Å². The van der Waals surface area contributed by atoms with E-state index in [0.717, 1.165) is 48.0 Å². The third kappa shape index (κ3) is 3.79. The van der Waals surface area contributed by atoms with Crippen molar-refractivity contribution in [3.8, 4) is 0 Å². The number of pyridine rings is 1. The van der Waals surface area contributed by atoms with E-state index in [1.54, 1.807) is 0 Å². The van der Waals surface area contributed by atoms with E-state index < -0.39 is 6.10 Å². The number of aliphatic hydroxyl groups excluding tert-OH is 1. The molecule has 0 aliphatic carbocycles. The van der Waals surface area contributed by atoms with Gasteiger partial charge in [-0.1, -0.05) is 55.0 Å². The van der Waals surface area contributed by atoms with Crippen molar-refractivity contribution in [1.82, 2.24) is 10.3 Å². The van der Waals surface area contributed by atoms with Crippen molar-refractivity contribution in [2.75, 3.05) is 6.54 Å². The zero-order valence-electron chi connectivity index (χ0n) is 15.1. The number of hydrogen-bond donors (Lipinski definition) is 2. The van der Waals surface area contributed by atoms with Crippen LogP contribution in [0.5, 0.6) is 0 Å². The standard InChI is InChI=1S/C23H26N2O/c26-23(22-12-6-7-15-24-22)20-16-18(14-13-17-8-2-1-3-9-17)25-21-11-5-4-10-19(20)21/h1-5,8-11,16,22-24,26H,6-7,12-15H2/t22-,23+/m1/s1. The Balaban J connectivity index is 1.64. The van der Waals surface area contributed by atoms with E-state index in [1.165, 1.54) is 18.4 Å². The van der Waals surface area contributed by atoms with E-state index in [2.05, 4.69) is 41.7 Å². The molecule has 1 aromatic heterocycles. The summed E-state index contributed by atoms with van der Waals surface area (Å²) in [5.41, 5.74) is 4.36. The summed E-state index contributed by atoms with van der Waals surface area (Å²) in [6.45, 7) is 0.992. The summed E-state index contributed by atoms with van der Waals surface area (Å²) < 4.78 is 0. The van der Waals surface area contributed by atoms with Crippen molar-refractivity contribution in [3.63, 3.8) is 0 Å². The molecule has 0 saturated carbocycles. The summed E-state index contributed by atoms with van der Waals surface area (Å²) in [6, 6.07) is 20.9. The summed E-state index contributed by atoms with van der Waals surface area (Å²) in [7, 11) is 0. The highest BCUT2D eigenvalue weighted by Gasteiger charge is 2.24. The van der Waals surface area contributed by atoms with Crippen LogP contribution in [0, 0.1) is 0 Å². The fourth-order valence-electron chi connectivity index (χ4n) is 3.91. The third-order valence-electron chi connectivity index (χ3n) is 5.36. The van der Waals surface area contributed by atoms with Gasteiger partial charge in [0, 0.05) is 17.1 Å². The van der Waals surface area contributed by atoms with Crippen LogP contribution in [0.25, 0.3) is 10.9 Å². The van der Waals surface area contributed by atoms with E-state index in [9.17, 15) is 5.11 Å². The first kappa shape index (κ1) is 17.2. The Kier molecular flexibility index (Phi) is 5.28. The van der Waals surface area contributed by atoms with Gasteiger partial charge in [-0.05, 0) is 55.5 Å². The van der Waals surface area contributed by atoms with Crippen molar-refractivity contribution in [1.29, 1.82) is 0 Å².